The van der Waals surface area contributed by atoms with E-state index >= 15 is 0 Å². The van der Waals surface area contributed by atoms with E-state index in [-0.39, 0.29) is 25.7 Å². The Balaban J connectivity index is 5.25. The van der Waals surface area contributed by atoms with Crippen LogP contribution >= 0.6 is 15.6 Å². The van der Waals surface area contributed by atoms with Crippen LogP contribution in [0.5, 0.6) is 0 Å². The highest BCUT2D eigenvalue weighted by Gasteiger charge is 2.30. The Morgan fingerprint density at radius 3 is 0.855 bits per heavy atom. The smallest absolute Gasteiger partial charge is 0.462 e. The second kappa shape index (κ2) is 54.2. The number of esters is 4. The van der Waals surface area contributed by atoms with Crippen LogP contribution in [0.2, 0.25) is 0 Å². The first kappa shape index (κ1) is 81.1. The van der Waals surface area contributed by atoms with Gasteiger partial charge in [-0.05, 0) is 49.4 Å². The van der Waals surface area contributed by atoms with Crippen LogP contribution in [0.15, 0.2) is 0 Å². The number of carbonyl (C=O) groups is 4. The lowest BCUT2D eigenvalue weighted by Gasteiger charge is -2.21. The standard InChI is InChI=1S/C64H124O17P2/c1-9-56(7)42-34-26-17-13-11-12-14-18-30-38-46-63(68)80-59(51-75-62(67)45-37-29-23-21-27-35-43-57(8)10-2)52-78-82(70,71)76-48-58(65)49-77-83(72,73)79-53-60(81-64(69)47-39-31-22-20-25-33-41-55(5)6)50-74-61(66)44-36-28-19-15-16-24-32-40-54(3)4/h54-60,65H,9-53H2,1-8H3,(H,70,71)(H,72,73)/t56?,57?,58-,59+,60+/m0/s1. The van der Waals surface area contributed by atoms with Crippen molar-refractivity contribution in [2.24, 2.45) is 23.7 Å². The molecule has 0 heterocycles. The van der Waals surface area contributed by atoms with Crippen LogP contribution in [0.25, 0.3) is 0 Å². The summed E-state index contributed by atoms with van der Waals surface area (Å²) in [6.07, 6.45) is 33.7. The molecule has 0 fully saturated rings. The quantitative estimate of drug-likeness (QED) is 0.0222. The summed E-state index contributed by atoms with van der Waals surface area (Å²) in [5.74, 6) is 0.764. The van der Waals surface area contributed by atoms with E-state index in [1.807, 2.05) is 0 Å². The number of phosphoric ester groups is 2. The molecule has 0 rings (SSSR count). The molecule has 3 N–H and O–H groups in total. The van der Waals surface area contributed by atoms with E-state index in [0.717, 1.165) is 115 Å². The molecule has 0 saturated carbocycles. The second-order valence-electron chi connectivity index (χ2n) is 24.6. The van der Waals surface area contributed by atoms with Gasteiger partial charge in [-0.25, -0.2) is 9.13 Å². The van der Waals surface area contributed by atoms with Gasteiger partial charge in [0.15, 0.2) is 12.2 Å². The lowest BCUT2D eigenvalue weighted by Crippen LogP contribution is -2.30. The van der Waals surface area contributed by atoms with Crippen molar-refractivity contribution in [2.45, 2.75) is 324 Å². The lowest BCUT2D eigenvalue weighted by molar-refractivity contribution is -0.161. The number of ether oxygens (including phenoxy) is 4. The molecular weight excluding hydrogens is 1100 g/mol. The van der Waals surface area contributed by atoms with Gasteiger partial charge in [-0.2, -0.15) is 0 Å². The van der Waals surface area contributed by atoms with Gasteiger partial charge in [-0.3, -0.25) is 37.3 Å². The molecule has 17 nitrogen and oxygen atoms in total. The van der Waals surface area contributed by atoms with Crippen LogP contribution in [-0.4, -0.2) is 96.7 Å². The minimum absolute atomic E-state index is 0.101. The Kier molecular flexibility index (Phi) is 53.0. The Morgan fingerprint density at radius 1 is 0.337 bits per heavy atom. The summed E-state index contributed by atoms with van der Waals surface area (Å²) in [4.78, 5) is 72.2. The highest BCUT2D eigenvalue weighted by atomic mass is 31.2. The van der Waals surface area contributed by atoms with Gasteiger partial charge in [-0.1, -0.05) is 254 Å². The topological polar surface area (TPSA) is 237 Å². The van der Waals surface area contributed by atoms with E-state index < -0.39 is 97.5 Å². The molecule has 0 radical (unpaired) electrons. The van der Waals surface area contributed by atoms with Gasteiger partial charge in [0.1, 0.15) is 19.3 Å². The third-order valence-corrected chi connectivity index (χ3v) is 17.2. The number of unbranched alkanes of at least 4 members (excludes halogenated alkanes) is 25. The molecular formula is C64H124O17P2. The van der Waals surface area contributed by atoms with Crippen molar-refractivity contribution in [1.82, 2.24) is 0 Å². The van der Waals surface area contributed by atoms with Gasteiger partial charge in [0, 0.05) is 25.7 Å². The summed E-state index contributed by atoms with van der Waals surface area (Å²) in [6.45, 7) is 13.9. The summed E-state index contributed by atoms with van der Waals surface area (Å²) in [6, 6.07) is 0. The first-order valence-corrected chi connectivity index (χ1v) is 36.3. The first-order chi connectivity index (χ1) is 39.7. The summed E-state index contributed by atoms with van der Waals surface area (Å²) in [7, 11) is -9.89. The van der Waals surface area contributed by atoms with E-state index in [4.69, 9.17) is 37.0 Å². The minimum atomic E-state index is -4.95. The number of aliphatic hydroxyl groups is 1. The molecule has 0 aromatic rings. The van der Waals surface area contributed by atoms with Crippen LogP contribution in [0, 0.1) is 23.7 Å². The minimum Gasteiger partial charge on any atom is -0.462 e. The molecule has 19 heteroatoms. The van der Waals surface area contributed by atoms with Crippen LogP contribution < -0.4 is 0 Å². The number of phosphoric acid groups is 2. The lowest BCUT2D eigenvalue weighted by atomic mass is 9.99. The molecule has 0 bridgehead atoms. The maximum Gasteiger partial charge on any atom is 0.472 e. The van der Waals surface area contributed by atoms with Gasteiger partial charge in [0.05, 0.1) is 26.4 Å². The van der Waals surface area contributed by atoms with Crippen molar-refractivity contribution in [1.29, 1.82) is 0 Å². The zero-order chi connectivity index (χ0) is 61.8. The fourth-order valence-corrected chi connectivity index (χ4v) is 10.9. The number of aliphatic hydroxyl groups excluding tert-OH is 1. The number of rotatable bonds is 61. The molecule has 0 saturated heterocycles. The number of hydrogen-bond acceptors (Lipinski definition) is 15. The molecule has 0 aromatic carbocycles. The Bertz CT molecular complexity index is 1670. The molecule has 4 unspecified atom stereocenters. The van der Waals surface area contributed by atoms with Gasteiger partial charge in [0.2, 0.25) is 0 Å². The summed E-state index contributed by atoms with van der Waals surface area (Å²) < 4.78 is 68.0. The Morgan fingerprint density at radius 2 is 0.578 bits per heavy atom. The summed E-state index contributed by atoms with van der Waals surface area (Å²) >= 11 is 0. The SMILES string of the molecule is CCC(C)CCCCCCCCCCCCC(=O)O[C@H](COC(=O)CCCCCCCCC(C)CC)COP(=O)(O)OC[C@H](O)COP(=O)(O)OC[C@@H](COC(=O)CCCCCCCCCC(C)C)OC(=O)CCCCCCCCC(C)C. The molecule has 0 amide bonds. The Hall–Kier alpha value is -1.94. The maximum absolute atomic E-state index is 13.0. The largest absolute Gasteiger partial charge is 0.472 e. The average Bonchev–Trinajstić information content (AvgIpc) is 3.46. The predicted octanol–water partition coefficient (Wildman–Crippen LogP) is 17.4. The maximum atomic E-state index is 13.0. The van der Waals surface area contributed by atoms with E-state index in [1.165, 1.54) is 96.3 Å². The van der Waals surface area contributed by atoms with Gasteiger partial charge < -0.3 is 33.8 Å². The molecule has 83 heavy (non-hydrogen) atoms. The van der Waals surface area contributed by atoms with Crippen LogP contribution in [0.3, 0.4) is 0 Å². The fourth-order valence-electron chi connectivity index (χ4n) is 9.36. The molecule has 0 aromatic heterocycles. The van der Waals surface area contributed by atoms with Crippen LogP contribution in [0.1, 0.15) is 306 Å². The highest BCUT2D eigenvalue weighted by molar-refractivity contribution is 7.47. The molecule has 0 aliphatic rings. The summed E-state index contributed by atoms with van der Waals surface area (Å²) in [5, 5.41) is 10.5. The van der Waals surface area contributed by atoms with Crippen molar-refractivity contribution in [2.75, 3.05) is 39.6 Å². The van der Waals surface area contributed by atoms with Crippen molar-refractivity contribution in [3.05, 3.63) is 0 Å². The summed E-state index contributed by atoms with van der Waals surface area (Å²) in [5.41, 5.74) is 0. The predicted molar refractivity (Wildman–Crippen MR) is 331 cm³/mol. The van der Waals surface area contributed by atoms with Gasteiger partial charge >= 0.3 is 39.5 Å². The number of carbonyl (C=O) groups excluding carboxylic acids is 4. The second-order valence-corrected chi connectivity index (χ2v) is 27.5. The fraction of sp³-hybridized carbons (Fsp3) is 0.938. The van der Waals surface area contributed by atoms with Gasteiger partial charge in [0.25, 0.3) is 0 Å². The third kappa shape index (κ3) is 56.3. The molecule has 0 aliphatic heterocycles. The molecule has 492 valence electrons. The van der Waals surface area contributed by atoms with Crippen molar-refractivity contribution >= 4 is 39.5 Å². The van der Waals surface area contributed by atoms with E-state index in [1.54, 1.807) is 0 Å². The van der Waals surface area contributed by atoms with Crippen molar-refractivity contribution in [3.63, 3.8) is 0 Å². The highest BCUT2D eigenvalue weighted by Crippen LogP contribution is 2.45. The molecule has 0 aliphatic carbocycles. The first-order valence-electron chi connectivity index (χ1n) is 33.3. The number of hydrogen-bond donors (Lipinski definition) is 3. The normalized spacial score (nSPS) is 15.1. The van der Waals surface area contributed by atoms with Crippen LogP contribution in [-0.2, 0) is 65.4 Å². The zero-order valence-electron chi connectivity index (χ0n) is 53.8. The van der Waals surface area contributed by atoms with E-state index in [2.05, 4.69) is 55.4 Å². The van der Waals surface area contributed by atoms with Crippen molar-refractivity contribution in [3.8, 4) is 0 Å². The van der Waals surface area contributed by atoms with E-state index in [9.17, 15) is 43.2 Å². The average molecular weight is 1230 g/mol. The molecule has 7 atom stereocenters. The molecule has 0 spiro atoms. The monoisotopic (exact) mass is 1230 g/mol. The third-order valence-electron chi connectivity index (χ3n) is 15.3. The van der Waals surface area contributed by atoms with Crippen LogP contribution in [0.4, 0.5) is 0 Å². The van der Waals surface area contributed by atoms with Gasteiger partial charge in [-0.15, -0.1) is 0 Å². The van der Waals surface area contributed by atoms with E-state index in [0.29, 0.717) is 37.5 Å². The Labute approximate surface area is 505 Å². The zero-order valence-corrected chi connectivity index (χ0v) is 55.6. The van der Waals surface area contributed by atoms with Crippen molar-refractivity contribution < 1.29 is 80.2 Å².